The van der Waals surface area contributed by atoms with Crippen molar-refractivity contribution in [3.63, 3.8) is 0 Å². The van der Waals surface area contributed by atoms with E-state index in [9.17, 15) is 5.26 Å². The van der Waals surface area contributed by atoms with Crippen LogP contribution in [0.5, 0.6) is 0 Å². The van der Waals surface area contributed by atoms with Gasteiger partial charge in [-0.1, -0.05) is 45.9 Å². The Hall–Kier alpha value is -1.33. The summed E-state index contributed by atoms with van der Waals surface area (Å²) in [5.74, 6) is 0.620. The second kappa shape index (κ2) is 6.02. The van der Waals surface area contributed by atoms with Crippen molar-refractivity contribution < 1.29 is 0 Å². The molecule has 0 amide bonds. The Bertz CT molecular complexity index is 441. The molecule has 0 spiro atoms. The van der Waals surface area contributed by atoms with Gasteiger partial charge >= 0.3 is 0 Å². The maximum absolute atomic E-state index is 9.27. The minimum atomic E-state index is -0.200. The Labute approximate surface area is 111 Å². The van der Waals surface area contributed by atoms with Crippen LogP contribution in [0.2, 0.25) is 0 Å². The molecular formula is C16H24N2. The minimum absolute atomic E-state index is 0.133. The molecule has 0 saturated heterocycles. The first-order valence-corrected chi connectivity index (χ1v) is 6.64. The second-order valence-corrected chi connectivity index (χ2v) is 5.70. The van der Waals surface area contributed by atoms with E-state index in [4.69, 9.17) is 5.73 Å². The smallest absolute Gasteiger partial charge is 0.0679 e. The van der Waals surface area contributed by atoms with Crippen molar-refractivity contribution >= 4 is 0 Å². The minimum Gasteiger partial charge on any atom is -0.323 e. The van der Waals surface area contributed by atoms with Crippen LogP contribution in [-0.4, -0.2) is 0 Å². The highest BCUT2D eigenvalue weighted by molar-refractivity contribution is 5.35. The number of nitrogens with two attached hydrogens (primary N) is 1. The summed E-state index contributed by atoms with van der Waals surface area (Å²) in [6.45, 7) is 10.5. The van der Waals surface area contributed by atoms with Crippen molar-refractivity contribution in [2.24, 2.45) is 17.6 Å². The Balaban J connectivity index is 3.15. The van der Waals surface area contributed by atoms with Crippen LogP contribution >= 0.6 is 0 Å². The van der Waals surface area contributed by atoms with Crippen LogP contribution in [0.15, 0.2) is 18.2 Å². The second-order valence-electron chi connectivity index (χ2n) is 5.70. The summed E-state index contributed by atoms with van der Waals surface area (Å²) in [5, 5.41) is 9.27. The van der Waals surface area contributed by atoms with Gasteiger partial charge in [0, 0.05) is 6.04 Å². The molecule has 0 aliphatic carbocycles. The van der Waals surface area contributed by atoms with Crippen LogP contribution in [-0.2, 0) is 0 Å². The number of hydrogen-bond acceptors (Lipinski definition) is 2. The van der Waals surface area contributed by atoms with E-state index in [1.807, 2.05) is 0 Å². The maximum Gasteiger partial charge on any atom is 0.0679 e. The van der Waals surface area contributed by atoms with E-state index in [-0.39, 0.29) is 17.9 Å². The Morgan fingerprint density at radius 1 is 1.17 bits per heavy atom. The fraction of sp³-hybridized carbons (Fsp3) is 0.562. The van der Waals surface area contributed by atoms with Gasteiger partial charge in [0.2, 0.25) is 0 Å². The van der Waals surface area contributed by atoms with E-state index in [2.05, 4.69) is 58.9 Å². The van der Waals surface area contributed by atoms with Gasteiger partial charge in [-0.2, -0.15) is 5.26 Å². The van der Waals surface area contributed by atoms with Crippen molar-refractivity contribution in [3.8, 4) is 6.07 Å². The van der Waals surface area contributed by atoms with Crippen LogP contribution in [0.1, 0.15) is 56.3 Å². The van der Waals surface area contributed by atoms with Crippen molar-refractivity contribution in [3.05, 3.63) is 34.9 Å². The lowest BCUT2D eigenvalue weighted by Crippen LogP contribution is -2.25. The predicted molar refractivity (Wildman–Crippen MR) is 76.1 cm³/mol. The highest BCUT2D eigenvalue weighted by Crippen LogP contribution is 2.29. The Morgan fingerprint density at radius 2 is 1.78 bits per heavy atom. The molecular weight excluding hydrogens is 220 g/mol. The summed E-state index contributed by atoms with van der Waals surface area (Å²) < 4.78 is 0. The van der Waals surface area contributed by atoms with Gasteiger partial charge in [-0.05, 0) is 35.4 Å². The molecule has 18 heavy (non-hydrogen) atoms. The van der Waals surface area contributed by atoms with E-state index in [1.165, 1.54) is 11.1 Å². The maximum atomic E-state index is 9.27. The van der Waals surface area contributed by atoms with Crippen molar-refractivity contribution in [1.82, 2.24) is 0 Å². The van der Waals surface area contributed by atoms with E-state index < -0.39 is 0 Å². The fourth-order valence-corrected chi connectivity index (χ4v) is 2.21. The molecule has 2 atom stereocenters. The molecule has 0 bridgehead atoms. The molecule has 0 saturated carbocycles. The molecule has 1 aromatic rings. The lowest BCUT2D eigenvalue weighted by molar-refractivity contribution is 0.402. The molecule has 2 unspecified atom stereocenters. The molecule has 98 valence electrons. The third-order valence-electron chi connectivity index (χ3n) is 3.58. The van der Waals surface area contributed by atoms with E-state index >= 15 is 0 Å². The van der Waals surface area contributed by atoms with Crippen molar-refractivity contribution in [1.29, 1.82) is 5.26 Å². The summed E-state index contributed by atoms with van der Waals surface area (Å²) >= 11 is 0. The Morgan fingerprint density at radius 3 is 2.22 bits per heavy atom. The quantitative estimate of drug-likeness (QED) is 0.872. The van der Waals surface area contributed by atoms with Gasteiger partial charge in [0.1, 0.15) is 0 Å². The number of nitriles is 1. The average Bonchev–Trinajstić information content (AvgIpc) is 2.29. The van der Waals surface area contributed by atoms with Crippen molar-refractivity contribution in [2.75, 3.05) is 0 Å². The monoisotopic (exact) mass is 244 g/mol. The molecule has 0 aliphatic heterocycles. The zero-order chi connectivity index (χ0) is 13.9. The summed E-state index contributed by atoms with van der Waals surface area (Å²) in [5.41, 5.74) is 9.87. The zero-order valence-electron chi connectivity index (χ0n) is 12.1. The van der Waals surface area contributed by atoms with Crippen LogP contribution < -0.4 is 5.73 Å². The molecule has 0 radical (unpaired) electrons. The SMILES string of the molecule is Cc1ccc(C(C)C)cc1C(N)C(C#N)C(C)C. The largest absolute Gasteiger partial charge is 0.323 e. The zero-order valence-corrected chi connectivity index (χ0v) is 12.1. The lowest BCUT2D eigenvalue weighted by Gasteiger charge is -2.24. The first-order chi connectivity index (χ1) is 8.38. The van der Waals surface area contributed by atoms with Gasteiger partial charge in [-0.25, -0.2) is 0 Å². The molecule has 0 fully saturated rings. The molecule has 2 heteroatoms. The third-order valence-corrected chi connectivity index (χ3v) is 3.58. The van der Waals surface area contributed by atoms with Crippen LogP contribution in [0.3, 0.4) is 0 Å². The number of nitrogens with zero attached hydrogens (tertiary/aromatic N) is 1. The predicted octanol–water partition coefficient (Wildman–Crippen LogP) is 3.91. The third kappa shape index (κ3) is 3.11. The highest BCUT2D eigenvalue weighted by atomic mass is 14.7. The molecule has 0 aromatic heterocycles. The summed E-state index contributed by atoms with van der Waals surface area (Å²) in [6, 6.07) is 8.57. The van der Waals surface area contributed by atoms with Crippen LogP contribution in [0, 0.1) is 30.1 Å². The van der Waals surface area contributed by atoms with Gasteiger partial charge in [0.15, 0.2) is 0 Å². The van der Waals surface area contributed by atoms with Gasteiger partial charge in [0.25, 0.3) is 0 Å². The summed E-state index contributed by atoms with van der Waals surface area (Å²) in [6.07, 6.45) is 0. The molecule has 0 aliphatic rings. The number of rotatable bonds is 4. The van der Waals surface area contributed by atoms with Crippen molar-refractivity contribution in [2.45, 2.75) is 46.6 Å². The molecule has 2 nitrogen and oxygen atoms in total. The van der Waals surface area contributed by atoms with E-state index in [0.717, 1.165) is 5.56 Å². The highest BCUT2D eigenvalue weighted by Gasteiger charge is 2.24. The average molecular weight is 244 g/mol. The van der Waals surface area contributed by atoms with Crippen LogP contribution in [0.4, 0.5) is 0 Å². The standard InChI is InChI=1S/C16H24N2/c1-10(2)13-7-6-12(5)14(8-13)16(18)15(9-17)11(3)4/h6-8,10-11,15-16H,18H2,1-5H3. The van der Waals surface area contributed by atoms with E-state index in [0.29, 0.717) is 5.92 Å². The summed E-state index contributed by atoms with van der Waals surface area (Å²) in [7, 11) is 0. The number of hydrogen-bond donors (Lipinski definition) is 1. The van der Waals surface area contributed by atoms with Gasteiger partial charge < -0.3 is 5.73 Å². The van der Waals surface area contributed by atoms with Gasteiger partial charge in [-0.3, -0.25) is 0 Å². The number of benzene rings is 1. The number of aryl methyl sites for hydroxylation is 1. The van der Waals surface area contributed by atoms with E-state index in [1.54, 1.807) is 0 Å². The topological polar surface area (TPSA) is 49.8 Å². The lowest BCUT2D eigenvalue weighted by atomic mass is 9.83. The molecule has 1 rings (SSSR count). The van der Waals surface area contributed by atoms with Crippen LogP contribution in [0.25, 0.3) is 0 Å². The normalized spacial score (nSPS) is 14.6. The fourth-order valence-electron chi connectivity index (χ4n) is 2.21. The first-order valence-electron chi connectivity index (χ1n) is 6.64. The first kappa shape index (κ1) is 14.7. The molecule has 1 aromatic carbocycles. The Kier molecular flexibility index (Phi) is 4.93. The molecule has 0 heterocycles. The van der Waals surface area contributed by atoms with Gasteiger partial charge in [-0.15, -0.1) is 0 Å². The molecule has 2 N–H and O–H groups in total. The summed E-state index contributed by atoms with van der Waals surface area (Å²) in [4.78, 5) is 0. The van der Waals surface area contributed by atoms with Gasteiger partial charge in [0.05, 0.1) is 12.0 Å².